The molecule has 3 aliphatic carbocycles. The van der Waals surface area contributed by atoms with Gasteiger partial charge in [0.2, 0.25) is 0 Å². The summed E-state index contributed by atoms with van der Waals surface area (Å²) in [5.74, 6) is 0.0683. The molecule has 0 amide bonds. The van der Waals surface area contributed by atoms with Gasteiger partial charge in [-0.1, -0.05) is 44.8 Å². The number of fused-ring (bicyclic) bond motifs is 3. The molecule has 4 heteroatoms. The monoisotopic (exact) mass is 324 g/mol. The Bertz CT molecular complexity index is 442. The van der Waals surface area contributed by atoms with Crippen LogP contribution in [-0.2, 0) is 9.47 Å². The first-order valence-electron chi connectivity index (χ1n) is 8.35. The van der Waals surface area contributed by atoms with E-state index in [1.165, 1.54) is 0 Å². The Hall–Kier alpha value is -0.423. The lowest BCUT2D eigenvalue weighted by atomic mass is 9.51. The van der Waals surface area contributed by atoms with Crippen LogP contribution < -0.4 is 0 Å². The van der Waals surface area contributed by atoms with Gasteiger partial charge in [0.1, 0.15) is 12.4 Å². The van der Waals surface area contributed by atoms with Gasteiger partial charge in [0.05, 0.1) is 6.10 Å². The van der Waals surface area contributed by atoms with Gasteiger partial charge < -0.3 is 14.6 Å². The Kier molecular flexibility index (Phi) is 5.08. The maximum absolute atomic E-state index is 11.1. The van der Waals surface area contributed by atoms with Crippen molar-refractivity contribution in [2.45, 2.75) is 63.6 Å². The summed E-state index contributed by atoms with van der Waals surface area (Å²) in [6.45, 7) is 18.2. The summed E-state index contributed by atoms with van der Waals surface area (Å²) >= 11 is 0. The zero-order valence-electron chi connectivity index (χ0n) is 14.7. The lowest BCUT2D eigenvalue weighted by Gasteiger charge is -2.58. The van der Waals surface area contributed by atoms with E-state index in [9.17, 15) is 5.11 Å². The standard InChI is InChI=1S/C18H32O3Si/c1-7-18(19)15-8-9-17(3,12-14(15)2)16(18)21-13-20-10-11-22(4,5)6/h7,15-16,19H,1-2,8-13H2,3-6H3/t15-,16+,17+,18-/m0/s1. The van der Waals surface area contributed by atoms with Crippen LogP contribution in [0.15, 0.2) is 24.8 Å². The van der Waals surface area contributed by atoms with E-state index >= 15 is 0 Å². The van der Waals surface area contributed by atoms with E-state index < -0.39 is 13.7 Å². The highest BCUT2D eigenvalue weighted by Crippen LogP contribution is 2.58. The Labute approximate surface area is 136 Å². The van der Waals surface area contributed by atoms with Gasteiger partial charge in [0.25, 0.3) is 0 Å². The van der Waals surface area contributed by atoms with Crippen LogP contribution in [0.3, 0.4) is 0 Å². The molecule has 3 nitrogen and oxygen atoms in total. The maximum Gasteiger partial charge on any atom is 0.147 e. The third-order valence-corrected chi connectivity index (χ3v) is 7.08. The molecule has 0 radical (unpaired) electrons. The fourth-order valence-electron chi connectivity index (χ4n) is 4.07. The predicted octanol–water partition coefficient (Wildman–Crippen LogP) is 3.98. The maximum atomic E-state index is 11.1. The van der Waals surface area contributed by atoms with Crippen molar-refractivity contribution in [1.82, 2.24) is 0 Å². The minimum Gasteiger partial charge on any atom is -0.382 e. The molecule has 0 saturated heterocycles. The average Bonchev–Trinajstić information content (AvgIpc) is 2.39. The van der Waals surface area contributed by atoms with Crippen molar-refractivity contribution in [3.63, 3.8) is 0 Å². The molecule has 0 spiro atoms. The molecule has 0 unspecified atom stereocenters. The molecule has 0 heterocycles. The summed E-state index contributed by atoms with van der Waals surface area (Å²) in [5.41, 5.74) is 0.0529. The van der Waals surface area contributed by atoms with E-state index in [1.54, 1.807) is 6.08 Å². The van der Waals surface area contributed by atoms with Crippen molar-refractivity contribution in [1.29, 1.82) is 0 Å². The summed E-state index contributed by atoms with van der Waals surface area (Å²) in [6.07, 6.45) is 4.36. The summed E-state index contributed by atoms with van der Waals surface area (Å²) in [5, 5.41) is 11.1. The largest absolute Gasteiger partial charge is 0.382 e. The molecular weight excluding hydrogens is 292 g/mol. The molecule has 2 bridgehead atoms. The normalized spacial score (nSPS) is 38.3. The third-order valence-electron chi connectivity index (χ3n) is 5.38. The van der Waals surface area contributed by atoms with E-state index in [1.807, 2.05) is 0 Å². The molecule has 0 aromatic rings. The third kappa shape index (κ3) is 3.40. The molecule has 0 aromatic carbocycles. The number of hydrogen-bond donors (Lipinski definition) is 1. The Morgan fingerprint density at radius 1 is 1.41 bits per heavy atom. The smallest absolute Gasteiger partial charge is 0.147 e. The van der Waals surface area contributed by atoms with Crippen LogP contribution in [0.25, 0.3) is 0 Å². The molecule has 4 atom stereocenters. The zero-order valence-corrected chi connectivity index (χ0v) is 15.7. The summed E-state index contributed by atoms with van der Waals surface area (Å²) in [7, 11) is -1.08. The lowest BCUT2D eigenvalue weighted by molar-refractivity contribution is -0.229. The van der Waals surface area contributed by atoms with Crippen molar-refractivity contribution < 1.29 is 14.6 Å². The first kappa shape index (κ1) is 17.9. The average molecular weight is 325 g/mol. The second-order valence-electron chi connectivity index (χ2n) is 8.56. The van der Waals surface area contributed by atoms with Crippen LogP contribution in [0.4, 0.5) is 0 Å². The van der Waals surface area contributed by atoms with E-state index in [0.717, 1.165) is 37.5 Å². The molecule has 22 heavy (non-hydrogen) atoms. The summed E-state index contributed by atoms with van der Waals surface area (Å²) in [6, 6.07) is 1.13. The molecule has 3 saturated carbocycles. The number of aliphatic hydroxyl groups is 1. The van der Waals surface area contributed by atoms with Gasteiger partial charge in [-0.05, 0) is 25.3 Å². The molecular formula is C18H32O3Si. The molecule has 126 valence electrons. The first-order valence-corrected chi connectivity index (χ1v) is 12.1. The second-order valence-corrected chi connectivity index (χ2v) is 14.2. The van der Waals surface area contributed by atoms with E-state index in [2.05, 4.69) is 39.7 Å². The van der Waals surface area contributed by atoms with Crippen molar-refractivity contribution in [2.24, 2.45) is 11.3 Å². The van der Waals surface area contributed by atoms with E-state index in [0.29, 0.717) is 0 Å². The van der Waals surface area contributed by atoms with Crippen molar-refractivity contribution in [3.8, 4) is 0 Å². The molecule has 1 N–H and O–H groups in total. The van der Waals surface area contributed by atoms with Crippen LogP contribution in [-0.4, -0.2) is 38.3 Å². The van der Waals surface area contributed by atoms with Gasteiger partial charge in [0.15, 0.2) is 0 Å². The first-order chi connectivity index (χ1) is 10.1. The van der Waals surface area contributed by atoms with Gasteiger partial charge in [0, 0.05) is 26.0 Å². The lowest BCUT2D eigenvalue weighted by Crippen LogP contribution is -2.63. The Morgan fingerprint density at radius 2 is 2.09 bits per heavy atom. The predicted molar refractivity (Wildman–Crippen MR) is 93.6 cm³/mol. The van der Waals surface area contributed by atoms with Gasteiger partial charge in [-0.15, -0.1) is 6.58 Å². The van der Waals surface area contributed by atoms with Gasteiger partial charge in [-0.25, -0.2) is 0 Å². The fourth-order valence-corrected chi connectivity index (χ4v) is 4.83. The minimum atomic E-state index is -1.08. The molecule has 0 aliphatic heterocycles. The SMILES string of the molecule is C=C[C@@]1(O)[C@H](OCOCC[Si](C)(C)C)[C@]2(C)CC[C@H]1C(=C)C2. The zero-order chi connectivity index (χ0) is 16.6. The van der Waals surface area contributed by atoms with Crippen LogP contribution in [0.5, 0.6) is 0 Å². The van der Waals surface area contributed by atoms with Crippen LogP contribution in [0.1, 0.15) is 26.2 Å². The van der Waals surface area contributed by atoms with E-state index in [4.69, 9.17) is 9.47 Å². The van der Waals surface area contributed by atoms with E-state index in [-0.39, 0.29) is 24.2 Å². The quantitative estimate of drug-likeness (QED) is 0.333. The van der Waals surface area contributed by atoms with Crippen molar-refractivity contribution in [2.75, 3.05) is 13.4 Å². The van der Waals surface area contributed by atoms with Crippen LogP contribution >= 0.6 is 0 Å². The number of hydrogen-bond acceptors (Lipinski definition) is 3. The second kappa shape index (κ2) is 6.23. The summed E-state index contributed by atoms with van der Waals surface area (Å²) in [4.78, 5) is 0. The molecule has 3 rings (SSSR count). The highest BCUT2D eigenvalue weighted by molar-refractivity contribution is 6.76. The Balaban J connectivity index is 1.97. The Morgan fingerprint density at radius 3 is 2.64 bits per heavy atom. The topological polar surface area (TPSA) is 38.7 Å². The van der Waals surface area contributed by atoms with Crippen LogP contribution in [0, 0.1) is 11.3 Å². The van der Waals surface area contributed by atoms with Gasteiger partial charge in [-0.2, -0.15) is 0 Å². The number of ether oxygens (including phenoxy) is 2. The van der Waals surface area contributed by atoms with Gasteiger partial charge in [-0.3, -0.25) is 0 Å². The number of rotatable bonds is 7. The minimum absolute atomic E-state index is 0.0683. The molecule has 3 aliphatic rings. The molecule has 0 aromatic heterocycles. The summed E-state index contributed by atoms with van der Waals surface area (Å²) < 4.78 is 11.7. The van der Waals surface area contributed by atoms with Crippen molar-refractivity contribution >= 4 is 8.07 Å². The molecule has 3 fully saturated rings. The van der Waals surface area contributed by atoms with Crippen LogP contribution in [0.2, 0.25) is 25.7 Å². The highest BCUT2D eigenvalue weighted by Gasteiger charge is 2.60. The fraction of sp³-hybridized carbons (Fsp3) is 0.778. The highest BCUT2D eigenvalue weighted by atomic mass is 28.3. The van der Waals surface area contributed by atoms with Crippen molar-refractivity contribution in [3.05, 3.63) is 24.8 Å². The van der Waals surface area contributed by atoms with Gasteiger partial charge >= 0.3 is 0 Å².